The van der Waals surface area contributed by atoms with Crippen LogP contribution in [0.15, 0.2) is 24.3 Å². The van der Waals surface area contributed by atoms with Crippen molar-refractivity contribution in [1.82, 2.24) is 5.43 Å². The Bertz CT molecular complexity index is 394. The van der Waals surface area contributed by atoms with Crippen LogP contribution in [-0.4, -0.2) is 29.1 Å². The minimum Gasteiger partial charge on any atom is -0.390 e. The van der Waals surface area contributed by atoms with Crippen molar-refractivity contribution in [2.75, 3.05) is 13.2 Å². The van der Waals surface area contributed by atoms with E-state index in [0.29, 0.717) is 6.54 Å². The van der Waals surface area contributed by atoms with Gasteiger partial charge >= 0.3 is 0 Å². The molecule has 1 amide bonds. The SMILES string of the molecule is O=C(N[NH2+]CCO)c1cccc([N+](=O)[O-])c1. The number of nitrogen functional groups attached to an aromatic ring is 1. The third-order valence-electron chi connectivity index (χ3n) is 1.83. The summed E-state index contributed by atoms with van der Waals surface area (Å²) in [5.41, 5.74) is 3.91. The van der Waals surface area contributed by atoms with E-state index in [1.54, 1.807) is 0 Å². The predicted octanol–water partition coefficient (Wildman–Crippen LogP) is -1.20. The van der Waals surface area contributed by atoms with Gasteiger partial charge in [-0.05, 0) is 6.07 Å². The first-order valence-corrected chi connectivity index (χ1v) is 4.63. The molecule has 0 bridgehead atoms. The third kappa shape index (κ3) is 3.30. The van der Waals surface area contributed by atoms with E-state index < -0.39 is 10.8 Å². The summed E-state index contributed by atoms with van der Waals surface area (Å²) < 4.78 is 0. The number of carbonyl (C=O) groups is 1. The first kappa shape index (κ1) is 12.1. The van der Waals surface area contributed by atoms with Gasteiger partial charge in [0.2, 0.25) is 0 Å². The summed E-state index contributed by atoms with van der Waals surface area (Å²) in [7, 11) is 0. The van der Waals surface area contributed by atoms with Gasteiger partial charge in [0.15, 0.2) is 0 Å². The average Bonchev–Trinajstić information content (AvgIpc) is 2.29. The summed E-state index contributed by atoms with van der Waals surface area (Å²) in [5, 5.41) is 19.0. The van der Waals surface area contributed by atoms with Crippen molar-refractivity contribution in [1.29, 1.82) is 0 Å². The lowest BCUT2D eigenvalue weighted by Crippen LogP contribution is -2.95. The van der Waals surface area contributed by atoms with E-state index in [2.05, 4.69) is 5.43 Å². The number of quaternary nitrogens is 1. The first-order valence-electron chi connectivity index (χ1n) is 4.63. The highest BCUT2D eigenvalue weighted by molar-refractivity contribution is 5.93. The molecule has 0 fully saturated rings. The van der Waals surface area contributed by atoms with E-state index in [-0.39, 0.29) is 17.9 Å². The predicted molar refractivity (Wildman–Crippen MR) is 54.4 cm³/mol. The number of carbonyl (C=O) groups excluding carboxylic acids is 1. The summed E-state index contributed by atoms with van der Waals surface area (Å²) in [6.45, 7) is 0.274. The van der Waals surface area contributed by atoms with Crippen LogP contribution < -0.4 is 10.9 Å². The number of hydrogen-bond donors (Lipinski definition) is 3. The van der Waals surface area contributed by atoms with E-state index in [4.69, 9.17) is 5.11 Å². The molecule has 0 unspecified atom stereocenters. The maximum atomic E-state index is 11.4. The molecule has 7 heteroatoms. The zero-order valence-electron chi connectivity index (χ0n) is 8.42. The van der Waals surface area contributed by atoms with Crippen molar-refractivity contribution in [3.8, 4) is 0 Å². The van der Waals surface area contributed by atoms with Gasteiger partial charge in [-0.25, -0.2) is 10.9 Å². The Balaban J connectivity index is 2.68. The molecule has 0 aliphatic carbocycles. The molecule has 0 saturated heterocycles. The number of aliphatic hydroxyl groups excluding tert-OH is 1. The van der Waals surface area contributed by atoms with Gasteiger partial charge in [0.1, 0.15) is 6.54 Å². The number of amides is 1. The monoisotopic (exact) mass is 226 g/mol. The molecule has 86 valence electrons. The van der Waals surface area contributed by atoms with Gasteiger partial charge in [-0.3, -0.25) is 14.9 Å². The molecular formula is C9H12N3O4+. The van der Waals surface area contributed by atoms with Crippen LogP contribution in [0, 0.1) is 10.1 Å². The molecule has 0 aromatic heterocycles. The van der Waals surface area contributed by atoms with Crippen LogP contribution in [0.2, 0.25) is 0 Å². The summed E-state index contributed by atoms with van der Waals surface area (Å²) in [5.74, 6) is -0.433. The van der Waals surface area contributed by atoms with Gasteiger partial charge < -0.3 is 5.11 Å². The quantitative estimate of drug-likeness (QED) is 0.192. The normalized spacial score (nSPS) is 9.81. The van der Waals surface area contributed by atoms with Gasteiger partial charge in [-0.2, -0.15) is 0 Å². The number of aliphatic hydroxyl groups is 1. The van der Waals surface area contributed by atoms with Crippen molar-refractivity contribution < 1.29 is 20.3 Å². The fourth-order valence-electron chi connectivity index (χ4n) is 1.07. The average molecular weight is 226 g/mol. The lowest BCUT2D eigenvalue weighted by Gasteiger charge is -2.02. The molecule has 0 atom stereocenters. The van der Waals surface area contributed by atoms with Gasteiger partial charge in [0.25, 0.3) is 11.6 Å². The molecule has 7 nitrogen and oxygen atoms in total. The smallest absolute Gasteiger partial charge is 0.296 e. The number of nitrogens with zero attached hydrogens (tertiary/aromatic N) is 1. The van der Waals surface area contributed by atoms with Crippen molar-refractivity contribution in [2.24, 2.45) is 0 Å². The van der Waals surface area contributed by atoms with Crippen LogP contribution in [-0.2, 0) is 0 Å². The van der Waals surface area contributed by atoms with E-state index in [9.17, 15) is 14.9 Å². The van der Waals surface area contributed by atoms with E-state index >= 15 is 0 Å². The molecule has 0 spiro atoms. The lowest BCUT2D eigenvalue weighted by molar-refractivity contribution is -0.698. The highest BCUT2D eigenvalue weighted by Crippen LogP contribution is 2.12. The lowest BCUT2D eigenvalue weighted by atomic mass is 10.2. The van der Waals surface area contributed by atoms with Crippen LogP contribution in [0.1, 0.15) is 10.4 Å². The largest absolute Gasteiger partial charge is 0.390 e. The van der Waals surface area contributed by atoms with Crippen LogP contribution in [0.5, 0.6) is 0 Å². The van der Waals surface area contributed by atoms with Gasteiger partial charge in [0, 0.05) is 12.1 Å². The molecule has 1 rings (SSSR count). The second-order valence-electron chi connectivity index (χ2n) is 3.00. The number of benzene rings is 1. The number of nitro benzene ring substituents is 1. The fourth-order valence-corrected chi connectivity index (χ4v) is 1.07. The molecule has 0 radical (unpaired) electrons. The zero-order chi connectivity index (χ0) is 12.0. The van der Waals surface area contributed by atoms with Crippen LogP contribution in [0.3, 0.4) is 0 Å². The van der Waals surface area contributed by atoms with Gasteiger partial charge in [-0.1, -0.05) is 6.07 Å². The second kappa shape index (κ2) is 5.79. The second-order valence-corrected chi connectivity index (χ2v) is 3.00. The maximum Gasteiger partial charge on any atom is 0.296 e. The van der Waals surface area contributed by atoms with Crippen molar-refractivity contribution in [3.05, 3.63) is 39.9 Å². The van der Waals surface area contributed by atoms with Crippen LogP contribution in [0.4, 0.5) is 5.69 Å². The molecule has 4 N–H and O–H groups in total. The van der Waals surface area contributed by atoms with Crippen molar-refractivity contribution >= 4 is 11.6 Å². The maximum absolute atomic E-state index is 11.4. The summed E-state index contributed by atoms with van der Waals surface area (Å²) >= 11 is 0. The molecule has 1 aromatic carbocycles. The van der Waals surface area contributed by atoms with E-state index in [1.807, 2.05) is 0 Å². The third-order valence-corrected chi connectivity index (χ3v) is 1.83. The molecule has 0 heterocycles. The molecular weight excluding hydrogens is 214 g/mol. The molecule has 1 aromatic rings. The van der Waals surface area contributed by atoms with E-state index in [1.165, 1.54) is 29.7 Å². The number of nitrogens with two attached hydrogens (primary N) is 1. The van der Waals surface area contributed by atoms with Crippen molar-refractivity contribution in [2.45, 2.75) is 0 Å². The fraction of sp³-hybridized carbons (Fsp3) is 0.222. The standard InChI is InChI=1S/C9H11N3O4/c13-5-4-10-11-9(14)7-2-1-3-8(6-7)12(15)16/h1-3,6,10,13H,4-5H2,(H,11,14)/p+1. The van der Waals surface area contributed by atoms with Crippen LogP contribution >= 0.6 is 0 Å². The summed E-state index contributed by atoms with van der Waals surface area (Å²) in [6.07, 6.45) is 0. The number of non-ortho nitro benzene ring substituents is 1. The first-order chi connectivity index (χ1) is 7.65. The van der Waals surface area contributed by atoms with Crippen molar-refractivity contribution in [3.63, 3.8) is 0 Å². The highest BCUT2D eigenvalue weighted by atomic mass is 16.6. The molecule has 0 aliphatic rings. The summed E-state index contributed by atoms with van der Waals surface area (Å²) in [4.78, 5) is 21.4. The number of nitro groups is 1. The van der Waals surface area contributed by atoms with E-state index in [0.717, 1.165) is 0 Å². The van der Waals surface area contributed by atoms with Crippen LogP contribution in [0.25, 0.3) is 0 Å². The minimum absolute atomic E-state index is 0.0603. The Morgan fingerprint density at radius 2 is 2.31 bits per heavy atom. The number of hydrogen-bond acceptors (Lipinski definition) is 4. The Morgan fingerprint density at radius 1 is 1.56 bits per heavy atom. The van der Waals surface area contributed by atoms with Gasteiger partial charge in [-0.15, -0.1) is 0 Å². The minimum atomic E-state index is -0.561. The Morgan fingerprint density at radius 3 is 2.94 bits per heavy atom. The topological polar surface area (TPSA) is 109 Å². The number of nitrogens with one attached hydrogen (secondary N) is 1. The number of rotatable bonds is 5. The highest BCUT2D eigenvalue weighted by Gasteiger charge is 2.11. The Hall–Kier alpha value is -1.99. The Kier molecular flexibility index (Phi) is 4.37. The molecule has 0 saturated carbocycles. The zero-order valence-corrected chi connectivity index (χ0v) is 8.42. The Labute approximate surface area is 91.2 Å². The molecule has 16 heavy (non-hydrogen) atoms. The van der Waals surface area contributed by atoms with Gasteiger partial charge in [0.05, 0.1) is 17.1 Å². The summed E-state index contributed by atoms with van der Waals surface area (Å²) in [6, 6.07) is 5.44. The molecule has 0 aliphatic heterocycles.